The van der Waals surface area contributed by atoms with Crippen molar-refractivity contribution < 1.29 is 9.90 Å². The lowest BCUT2D eigenvalue weighted by atomic mass is 10.0. The lowest BCUT2D eigenvalue weighted by molar-refractivity contribution is -0.138. The first kappa shape index (κ1) is 13.1. The predicted molar refractivity (Wildman–Crippen MR) is 74.4 cm³/mol. The number of carbonyl (C=O) groups is 1. The van der Waals surface area contributed by atoms with E-state index in [0.29, 0.717) is 5.75 Å². The topological polar surface area (TPSA) is 50.2 Å². The Kier molecular flexibility index (Phi) is 4.38. The first-order valence-electron chi connectivity index (χ1n) is 5.49. The van der Waals surface area contributed by atoms with Gasteiger partial charge in [0.05, 0.1) is 5.92 Å². The molecule has 0 radical (unpaired) electrons. The van der Waals surface area contributed by atoms with E-state index in [9.17, 15) is 9.90 Å². The Labute approximate surface area is 114 Å². The van der Waals surface area contributed by atoms with Gasteiger partial charge in [-0.2, -0.15) is 0 Å². The van der Waals surface area contributed by atoms with Crippen LogP contribution < -0.4 is 0 Å². The fourth-order valence-electron chi connectivity index (χ4n) is 1.55. The second kappa shape index (κ2) is 6.02. The molecule has 3 nitrogen and oxygen atoms in total. The molecule has 1 heterocycles. The van der Waals surface area contributed by atoms with Crippen LogP contribution in [-0.2, 0) is 4.79 Å². The van der Waals surface area contributed by atoms with Crippen LogP contribution in [0.5, 0.6) is 0 Å². The molecule has 0 saturated heterocycles. The van der Waals surface area contributed by atoms with Crippen molar-refractivity contribution >= 4 is 29.1 Å². The van der Waals surface area contributed by atoms with Gasteiger partial charge in [0.1, 0.15) is 4.34 Å². The number of aliphatic carboxylic acids is 1. The molecule has 2 rings (SSSR count). The third kappa shape index (κ3) is 3.34. The number of carboxylic acid groups (broad SMARTS) is 1. The van der Waals surface area contributed by atoms with Crippen LogP contribution in [0.25, 0.3) is 0 Å². The van der Waals surface area contributed by atoms with Crippen molar-refractivity contribution in [1.82, 2.24) is 4.98 Å². The molecule has 0 aliphatic rings. The van der Waals surface area contributed by atoms with Gasteiger partial charge in [-0.25, -0.2) is 4.98 Å². The molecule has 1 unspecified atom stereocenters. The van der Waals surface area contributed by atoms with E-state index < -0.39 is 11.9 Å². The fraction of sp³-hybridized carbons (Fsp3) is 0.231. The van der Waals surface area contributed by atoms with E-state index in [0.717, 1.165) is 15.6 Å². The maximum atomic E-state index is 11.3. The molecule has 0 aliphatic heterocycles. The van der Waals surface area contributed by atoms with Crippen molar-refractivity contribution in [3.05, 3.63) is 47.0 Å². The number of aryl methyl sites for hydroxylation is 1. The van der Waals surface area contributed by atoms with Crippen LogP contribution in [0.3, 0.4) is 0 Å². The Morgan fingerprint density at radius 1 is 1.44 bits per heavy atom. The highest BCUT2D eigenvalue weighted by molar-refractivity contribution is 8.01. The summed E-state index contributed by atoms with van der Waals surface area (Å²) in [6, 6.07) is 9.32. The number of hydrogen-bond donors (Lipinski definition) is 1. The molecule has 0 amide bonds. The molecule has 1 aromatic carbocycles. The quantitative estimate of drug-likeness (QED) is 0.852. The smallest absolute Gasteiger partial charge is 0.311 e. The summed E-state index contributed by atoms with van der Waals surface area (Å²) in [6.45, 7) is 1.94. The predicted octanol–water partition coefficient (Wildman–Crippen LogP) is 3.41. The number of aromatic nitrogens is 1. The van der Waals surface area contributed by atoms with Gasteiger partial charge in [0.25, 0.3) is 0 Å². The number of hydrogen-bond acceptors (Lipinski definition) is 4. The number of thiazole rings is 1. The fourth-order valence-corrected chi connectivity index (χ4v) is 3.54. The Morgan fingerprint density at radius 3 is 2.72 bits per heavy atom. The van der Waals surface area contributed by atoms with E-state index in [1.807, 2.05) is 42.6 Å². The maximum absolute atomic E-state index is 11.3. The standard InChI is InChI=1S/C13H13NO2S2/c1-9-7-17-13(14-9)18-8-11(12(15)16)10-5-3-2-4-6-10/h2-7,11H,8H2,1H3,(H,15,16). The summed E-state index contributed by atoms with van der Waals surface area (Å²) in [5, 5.41) is 11.3. The SMILES string of the molecule is Cc1csc(SCC(C(=O)O)c2ccccc2)n1. The van der Waals surface area contributed by atoms with Crippen molar-refractivity contribution in [3.63, 3.8) is 0 Å². The van der Waals surface area contributed by atoms with E-state index in [2.05, 4.69) is 4.98 Å². The van der Waals surface area contributed by atoms with Gasteiger partial charge in [0.2, 0.25) is 0 Å². The highest BCUT2D eigenvalue weighted by Crippen LogP contribution is 2.28. The lowest BCUT2D eigenvalue weighted by Gasteiger charge is -2.11. The summed E-state index contributed by atoms with van der Waals surface area (Å²) < 4.78 is 0.926. The Balaban J connectivity index is 2.06. The second-order valence-electron chi connectivity index (χ2n) is 3.87. The van der Waals surface area contributed by atoms with Crippen LogP contribution >= 0.6 is 23.1 Å². The zero-order chi connectivity index (χ0) is 13.0. The van der Waals surface area contributed by atoms with Gasteiger partial charge in [0.15, 0.2) is 0 Å². The van der Waals surface area contributed by atoms with Gasteiger partial charge in [-0.1, -0.05) is 42.1 Å². The van der Waals surface area contributed by atoms with Crippen molar-refractivity contribution in [3.8, 4) is 0 Å². The van der Waals surface area contributed by atoms with E-state index in [-0.39, 0.29) is 0 Å². The number of nitrogens with zero attached hydrogens (tertiary/aromatic N) is 1. The minimum absolute atomic E-state index is 0.486. The minimum atomic E-state index is -0.790. The molecule has 0 spiro atoms. The molecule has 0 saturated carbocycles. The summed E-state index contributed by atoms with van der Waals surface area (Å²) >= 11 is 3.06. The molecule has 0 bridgehead atoms. The zero-order valence-electron chi connectivity index (χ0n) is 9.87. The third-order valence-electron chi connectivity index (χ3n) is 2.47. The lowest BCUT2D eigenvalue weighted by Crippen LogP contribution is -2.13. The number of rotatable bonds is 5. The molecule has 0 aliphatic carbocycles. The van der Waals surface area contributed by atoms with E-state index in [1.165, 1.54) is 11.8 Å². The number of carboxylic acids is 1. The van der Waals surface area contributed by atoms with Gasteiger partial charge in [-0.3, -0.25) is 4.79 Å². The first-order valence-corrected chi connectivity index (χ1v) is 7.36. The number of benzene rings is 1. The number of thioether (sulfide) groups is 1. The largest absolute Gasteiger partial charge is 0.481 e. The molecule has 94 valence electrons. The molecular weight excluding hydrogens is 266 g/mol. The average Bonchev–Trinajstić information content (AvgIpc) is 2.76. The Bertz CT molecular complexity index is 525. The summed E-state index contributed by atoms with van der Waals surface area (Å²) in [7, 11) is 0. The Morgan fingerprint density at radius 2 is 2.17 bits per heavy atom. The monoisotopic (exact) mass is 279 g/mol. The van der Waals surface area contributed by atoms with Gasteiger partial charge < -0.3 is 5.11 Å². The first-order chi connectivity index (χ1) is 8.66. The molecular formula is C13H13NO2S2. The van der Waals surface area contributed by atoms with Gasteiger partial charge in [-0.05, 0) is 12.5 Å². The normalized spacial score (nSPS) is 12.3. The molecule has 1 aromatic heterocycles. The van der Waals surface area contributed by atoms with Crippen LogP contribution in [0, 0.1) is 6.92 Å². The zero-order valence-corrected chi connectivity index (χ0v) is 11.5. The van der Waals surface area contributed by atoms with Crippen molar-refractivity contribution in [2.24, 2.45) is 0 Å². The van der Waals surface area contributed by atoms with Crippen LogP contribution in [0.15, 0.2) is 40.1 Å². The van der Waals surface area contributed by atoms with E-state index in [4.69, 9.17) is 0 Å². The van der Waals surface area contributed by atoms with Gasteiger partial charge >= 0.3 is 5.97 Å². The van der Waals surface area contributed by atoms with Crippen LogP contribution in [-0.4, -0.2) is 21.8 Å². The van der Waals surface area contributed by atoms with Crippen LogP contribution in [0.4, 0.5) is 0 Å². The molecule has 1 atom stereocenters. The molecule has 1 N–H and O–H groups in total. The molecule has 2 aromatic rings. The summed E-state index contributed by atoms with van der Waals surface area (Å²) in [4.78, 5) is 15.6. The summed E-state index contributed by atoms with van der Waals surface area (Å²) in [6.07, 6.45) is 0. The van der Waals surface area contributed by atoms with Crippen molar-refractivity contribution in [2.45, 2.75) is 17.2 Å². The highest BCUT2D eigenvalue weighted by Gasteiger charge is 2.20. The Hall–Kier alpha value is -1.33. The maximum Gasteiger partial charge on any atom is 0.311 e. The van der Waals surface area contributed by atoms with Gasteiger partial charge in [0, 0.05) is 16.8 Å². The van der Waals surface area contributed by atoms with Crippen molar-refractivity contribution in [2.75, 3.05) is 5.75 Å². The molecule has 5 heteroatoms. The third-order valence-corrected chi connectivity index (χ3v) is 4.70. The van der Waals surface area contributed by atoms with Crippen molar-refractivity contribution in [1.29, 1.82) is 0 Å². The minimum Gasteiger partial charge on any atom is -0.481 e. The molecule has 0 fully saturated rings. The molecule has 18 heavy (non-hydrogen) atoms. The summed E-state index contributed by atoms with van der Waals surface area (Å²) in [5.41, 5.74) is 1.82. The van der Waals surface area contributed by atoms with Crippen LogP contribution in [0.2, 0.25) is 0 Å². The van der Waals surface area contributed by atoms with Gasteiger partial charge in [-0.15, -0.1) is 11.3 Å². The highest BCUT2D eigenvalue weighted by atomic mass is 32.2. The van der Waals surface area contributed by atoms with E-state index >= 15 is 0 Å². The summed E-state index contributed by atoms with van der Waals surface area (Å²) in [5.74, 6) is -0.769. The van der Waals surface area contributed by atoms with Crippen LogP contribution in [0.1, 0.15) is 17.2 Å². The second-order valence-corrected chi connectivity index (χ2v) is 5.99. The van der Waals surface area contributed by atoms with E-state index in [1.54, 1.807) is 11.3 Å². The average molecular weight is 279 g/mol.